The molecule has 0 saturated carbocycles. The predicted molar refractivity (Wildman–Crippen MR) is 103 cm³/mol. The van der Waals surface area contributed by atoms with Crippen molar-refractivity contribution in [1.29, 1.82) is 0 Å². The molecule has 0 aliphatic carbocycles. The van der Waals surface area contributed by atoms with E-state index >= 15 is 0 Å². The zero-order chi connectivity index (χ0) is 19.7. The average molecular weight is 399 g/mol. The lowest BCUT2D eigenvalue weighted by molar-refractivity contribution is -0.120. The Morgan fingerprint density at radius 2 is 1.96 bits per heavy atom. The van der Waals surface area contributed by atoms with E-state index in [-0.39, 0.29) is 23.0 Å². The lowest BCUT2D eigenvalue weighted by Crippen LogP contribution is -2.40. The fourth-order valence-electron chi connectivity index (χ4n) is 2.99. The number of sulfonamides is 1. The number of ether oxygens (including phenoxy) is 2. The van der Waals surface area contributed by atoms with E-state index in [9.17, 15) is 13.2 Å². The van der Waals surface area contributed by atoms with E-state index in [0.717, 1.165) is 25.7 Å². The Hall–Kier alpha value is -1.64. The molecule has 0 aromatic heterocycles. The fraction of sp³-hybridized carbons (Fsp3) is 0.632. The van der Waals surface area contributed by atoms with E-state index in [1.165, 1.54) is 11.4 Å². The van der Waals surface area contributed by atoms with Gasteiger partial charge in [-0.25, -0.2) is 8.42 Å². The minimum Gasteiger partial charge on any atom is -0.495 e. The summed E-state index contributed by atoms with van der Waals surface area (Å²) in [7, 11) is -2.25. The van der Waals surface area contributed by atoms with Crippen molar-refractivity contribution in [1.82, 2.24) is 9.62 Å². The Morgan fingerprint density at radius 1 is 1.22 bits per heavy atom. The lowest BCUT2D eigenvalue weighted by atomic mass is 10.1. The van der Waals surface area contributed by atoms with Gasteiger partial charge in [0, 0.05) is 19.6 Å². The largest absolute Gasteiger partial charge is 0.495 e. The van der Waals surface area contributed by atoms with Gasteiger partial charge in [-0.1, -0.05) is 32.3 Å². The highest BCUT2D eigenvalue weighted by molar-refractivity contribution is 7.89. The van der Waals surface area contributed by atoms with Crippen molar-refractivity contribution < 1.29 is 22.7 Å². The number of amides is 1. The van der Waals surface area contributed by atoms with Gasteiger partial charge in [0.15, 0.2) is 0 Å². The Morgan fingerprint density at radius 3 is 2.63 bits per heavy atom. The van der Waals surface area contributed by atoms with Crippen molar-refractivity contribution in [3.8, 4) is 5.75 Å². The van der Waals surface area contributed by atoms with Gasteiger partial charge in [-0.05, 0) is 24.1 Å². The van der Waals surface area contributed by atoms with Crippen LogP contribution in [0.15, 0.2) is 23.1 Å². The molecular formula is C19H30N2O5S. The summed E-state index contributed by atoms with van der Waals surface area (Å²) in [5, 5.41) is 2.89. The summed E-state index contributed by atoms with van der Waals surface area (Å²) in [6.07, 6.45) is 4.51. The third-order valence-electron chi connectivity index (χ3n) is 4.53. The zero-order valence-electron chi connectivity index (χ0n) is 16.2. The Kier molecular flexibility index (Phi) is 8.53. The maximum Gasteiger partial charge on any atom is 0.246 e. The average Bonchev–Trinajstić information content (AvgIpc) is 2.68. The van der Waals surface area contributed by atoms with Crippen LogP contribution in [0.25, 0.3) is 0 Å². The highest BCUT2D eigenvalue weighted by atomic mass is 32.2. The third kappa shape index (κ3) is 6.19. The van der Waals surface area contributed by atoms with Crippen LogP contribution in [0.2, 0.25) is 0 Å². The predicted octanol–water partition coefficient (Wildman–Crippen LogP) is 1.96. The molecule has 1 aromatic carbocycles. The molecule has 1 N–H and O–H groups in total. The van der Waals surface area contributed by atoms with Gasteiger partial charge in [-0.3, -0.25) is 4.79 Å². The summed E-state index contributed by atoms with van der Waals surface area (Å²) < 4.78 is 37.8. The van der Waals surface area contributed by atoms with E-state index in [1.54, 1.807) is 18.2 Å². The van der Waals surface area contributed by atoms with E-state index < -0.39 is 10.0 Å². The van der Waals surface area contributed by atoms with Gasteiger partial charge >= 0.3 is 0 Å². The molecule has 0 atom stereocenters. The molecule has 0 spiro atoms. The minimum absolute atomic E-state index is 0.0974. The number of carbonyl (C=O) groups is 1. The highest BCUT2D eigenvalue weighted by Crippen LogP contribution is 2.28. The molecule has 2 rings (SSSR count). The first-order valence-electron chi connectivity index (χ1n) is 9.50. The maximum absolute atomic E-state index is 13.0. The normalized spacial score (nSPS) is 15.5. The Bertz CT molecular complexity index is 715. The number of hydrogen-bond acceptors (Lipinski definition) is 5. The number of rotatable bonds is 10. The van der Waals surface area contributed by atoms with Crippen molar-refractivity contribution in [2.75, 3.05) is 40.0 Å². The first kappa shape index (κ1) is 21.7. The van der Waals surface area contributed by atoms with Crippen LogP contribution >= 0.6 is 0 Å². The molecular weight excluding hydrogens is 368 g/mol. The van der Waals surface area contributed by atoms with Crippen LogP contribution in [-0.4, -0.2) is 58.6 Å². The quantitative estimate of drug-likeness (QED) is 0.609. The number of nitrogens with one attached hydrogen (secondary N) is 1. The Balaban J connectivity index is 2.07. The van der Waals surface area contributed by atoms with E-state index in [4.69, 9.17) is 9.47 Å². The molecule has 0 bridgehead atoms. The van der Waals surface area contributed by atoms with E-state index in [1.807, 2.05) is 0 Å². The second kappa shape index (κ2) is 10.6. The van der Waals surface area contributed by atoms with Gasteiger partial charge < -0.3 is 14.8 Å². The highest BCUT2D eigenvalue weighted by Gasteiger charge is 2.29. The monoisotopic (exact) mass is 398 g/mol. The molecule has 1 amide bonds. The van der Waals surface area contributed by atoms with Crippen LogP contribution < -0.4 is 10.1 Å². The van der Waals surface area contributed by atoms with Gasteiger partial charge in [0.25, 0.3) is 0 Å². The van der Waals surface area contributed by atoms with Gasteiger partial charge in [-0.15, -0.1) is 0 Å². The number of nitrogens with zero attached hydrogens (tertiary/aromatic N) is 1. The van der Waals surface area contributed by atoms with Gasteiger partial charge in [-0.2, -0.15) is 4.31 Å². The topological polar surface area (TPSA) is 84.9 Å². The lowest BCUT2D eigenvalue weighted by Gasteiger charge is -2.26. The summed E-state index contributed by atoms with van der Waals surface area (Å²) >= 11 is 0. The Labute approximate surface area is 162 Å². The summed E-state index contributed by atoms with van der Waals surface area (Å²) in [5.41, 5.74) is 0.647. The van der Waals surface area contributed by atoms with Gasteiger partial charge in [0.05, 0.1) is 26.7 Å². The number of methoxy groups -OCH3 is 1. The van der Waals surface area contributed by atoms with Crippen LogP contribution in [0.1, 0.15) is 38.2 Å². The van der Waals surface area contributed by atoms with Crippen LogP contribution in [0.4, 0.5) is 0 Å². The zero-order valence-corrected chi connectivity index (χ0v) is 17.0. The summed E-state index contributed by atoms with van der Waals surface area (Å²) in [5.74, 6) is 0.177. The van der Waals surface area contributed by atoms with Crippen molar-refractivity contribution in [3.63, 3.8) is 0 Å². The molecule has 27 heavy (non-hydrogen) atoms. The molecule has 8 heteroatoms. The van der Waals surface area contributed by atoms with E-state index in [0.29, 0.717) is 38.4 Å². The fourth-order valence-corrected chi connectivity index (χ4v) is 4.60. The molecule has 7 nitrogen and oxygen atoms in total. The molecule has 152 valence electrons. The maximum atomic E-state index is 13.0. The number of carbonyl (C=O) groups excluding carboxylic acids is 1. The standard InChI is InChI=1S/C19H30N2O5S/c1-3-4-5-6-9-20-19(22)15-16-7-8-17(25-2)18(14-16)27(23,24)21-10-12-26-13-11-21/h7-8,14H,3-6,9-13,15H2,1-2H3,(H,20,22). The molecule has 0 unspecified atom stereocenters. The number of unbranched alkanes of at least 4 members (excludes halogenated alkanes) is 3. The summed E-state index contributed by atoms with van der Waals surface area (Å²) in [6.45, 7) is 4.17. The van der Waals surface area contributed by atoms with Crippen LogP contribution in [0.5, 0.6) is 5.75 Å². The van der Waals surface area contributed by atoms with Crippen LogP contribution in [0.3, 0.4) is 0 Å². The first-order chi connectivity index (χ1) is 13.0. The van der Waals surface area contributed by atoms with Crippen LogP contribution in [-0.2, 0) is 26.0 Å². The molecule has 1 aliphatic heterocycles. The first-order valence-corrected chi connectivity index (χ1v) is 10.9. The molecule has 1 fully saturated rings. The number of benzene rings is 1. The molecule has 1 heterocycles. The van der Waals surface area contributed by atoms with Crippen molar-refractivity contribution in [2.45, 2.75) is 43.9 Å². The van der Waals surface area contributed by atoms with Gasteiger partial charge in [0.1, 0.15) is 10.6 Å². The van der Waals surface area contributed by atoms with Crippen molar-refractivity contribution in [2.24, 2.45) is 0 Å². The molecule has 1 saturated heterocycles. The molecule has 0 radical (unpaired) electrons. The number of hydrogen-bond donors (Lipinski definition) is 1. The minimum atomic E-state index is -3.69. The third-order valence-corrected chi connectivity index (χ3v) is 6.45. The summed E-state index contributed by atoms with van der Waals surface area (Å²) in [6, 6.07) is 4.88. The molecule has 1 aromatic rings. The van der Waals surface area contributed by atoms with E-state index in [2.05, 4.69) is 12.2 Å². The smallest absolute Gasteiger partial charge is 0.246 e. The molecule has 1 aliphatic rings. The van der Waals surface area contributed by atoms with Crippen LogP contribution in [0, 0.1) is 0 Å². The van der Waals surface area contributed by atoms with Crippen molar-refractivity contribution >= 4 is 15.9 Å². The van der Waals surface area contributed by atoms with Gasteiger partial charge in [0.2, 0.25) is 15.9 Å². The second-order valence-electron chi connectivity index (χ2n) is 6.59. The second-order valence-corrected chi connectivity index (χ2v) is 8.50. The summed E-state index contributed by atoms with van der Waals surface area (Å²) in [4.78, 5) is 12.2. The van der Waals surface area contributed by atoms with Crippen molar-refractivity contribution in [3.05, 3.63) is 23.8 Å². The number of morpholine rings is 1. The SMILES string of the molecule is CCCCCCNC(=O)Cc1ccc(OC)c(S(=O)(=O)N2CCOCC2)c1.